The molecule has 1 atom stereocenters. The van der Waals surface area contributed by atoms with Crippen molar-refractivity contribution in [1.29, 1.82) is 0 Å². The summed E-state index contributed by atoms with van der Waals surface area (Å²) in [4.78, 5) is 4.24. The second kappa shape index (κ2) is 5.80. The van der Waals surface area contributed by atoms with Gasteiger partial charge in [-0.25, -0.2) is 9.67 Å². The lowest BCUT2D eigenvalue weighted by atomic mass is 10.1. The van der Waals surface area contributed by atoms with Crippen LogP contribution < -0.4 is 5.32 Å². The summed E-state index contributed by atoms with van der Waals surface area (Å²) < 4.78 is 2.00. The first kappa shape index (κ1) is 12.1. The first-order valence-electron chi connectivity index (χ1n) is 6.73. The first-order valence-corrected chi connectivity index (χ1v) is 6.73. The lowest BCUT2D eigenvalue weighted by Crippen LogP contribution is -2.37. The van der Waals surface area contributed by atoms with E-state index < -0.39 is 0 Å². The number of benzene rings is 1. The van der Waals surface area contributed by atoms with Gasteiger partial charge in [0.2, 0.25) is 0 Å². The van der Waals surface area contributed by atoms with E-state index in [1.807, 2.05) is 10.7 Å². The Kier molecular flexibility index (Phi) is 3.70. The normalized spacial score (nSPS) is 18.6. The maximum Gasteiger partial charge on any atom is 0.138 e. The van der Waals surface area contributed by atoms with Gasteiger partial charge in [0.15, 0.2) is 0 Å². The van der Waals surface area contributed by atoms with Crippen LogP contribution in [0.3, 0.4) is 0 Å². The summed E-state index contributed by atoms with van der Waals surface area (Å²) >= 11 is 0. The van der Waals surface area contributed by atoms with Gasteiger partial charge in [-0.3, -0.25) is 0 Å². The van der Waals surface area contributed by atoms with Crippen LogP contribution >= 0.6 is 0 Å². The molecule has 1 aliphatic heterocycles. The van der Waals surface area contributed by atoms with Crippen LogP contribution in [0, 0.1) is 0 Å². The molecule has 0 unspecified atom stereocenters. The fourth-order valence-electron chi connectivity index (χ4n) is 2.40. The standard InChI is InChI=1S/C15H18N4/c1-2-5-13(6-3-1)7-4-10-16-14-8-9-15-17-12-18-19(15)11-14/h1-7,12,14,16H,8-11H2/b7-4+/t14-/m0/s1. The van der Waals surface area contributed by atoms with Crippen LogP contribution in [0.4, 0.5) is 0 Å². The number of hydrogen-bond donors (Lipinski definition) is 1. The zero-order chi connectivity index (χ0) is 12.9. The van der Waals surface area contributed by atoms with Crippen LogP contribution in [-0.4, -0.2) is 27.4 Å². The van der Waals surface area contributed by atoms with E-state index >= 15 is 0 Å². The number of nitrogens with zero attached hydrogens (tertiary/aromatic N) is 3. The van der Waals surface area contributed by atoms with Crippen molar-refractivity contribution >= 4 is 6.08 Å². The van der Waals surface area contributed by atoms with Gasteiger partial charge in [-0.05, 0) is 12.0 Å². The van der Waals surface area contributed by atoms with E-state index in [0.717, 1.165) is 31.8 Å². The average Bonchev–Trinajstić information content (AvgIpc) is 2.92. The Balaban J connectivity index is 1.48. The van der Waals surface area contributed by atoms with Crippen LogP contribution in [0.2, 0.25) is 0 Å². The van der Waals surface area contributed by atoms with Crippen LogP contribution in [0.15, 0.2) is 42.7 Å². The molecule has 1 N–H and O–H groups in total. The van der Waals surface area contributed by atoms with E-state index in [1.54, 1.807) is 6.33 Å². The lowest BCUT2D eigenvalue weighted by molar-refractivity contribution is 0.370. The smallest absolute Gasteiger partial charge is 0.138 e. The number of aryl methyl sites for hydroxylation is 1. The summed E-state index contributed by atoms with van der Waals surface area (Å²) in [7, 11) is 0. The van der Waals surface area contributed by atoms with Crippen molar-refractivity contribution in [1.82, 2.24) is 20.1 Å². The minimum atomic E-state index is 0.495. The molecule has 19 heavy (non-hydrogen) atoms. The molecule has 0 fully saturated rings. The lowest BCUT2D eigenvalue weighted by Gasteiger charge is -2.22. The number of fused-ring (bicyclic) bond motifs is 1. The third-order valence-electron chi connectivity index (χ3n) is 3.44. The summed E-state index contributed by atoms with van der Waals surface area (Å²) in [6, 6.07) is 10.9. The van der Waals surface area contributed by atoms with E-state index in [0.29, 0.717) is 6.04 Å². The van der Waals surface area contributed by atoms with Crippen molar-refractivity contribution in [2.45, 2.75) is 25.4 Å². The van der Waals surface area contributed by atoms with Crippen molar-refractivity contribution in [3.63, 3.8) is 0 Å². The van der Waals surface area contributed by atoms with Gasteiger partial charge in [0.05, 0.1) is 6.54 Å². The van der Waals surface area contributed by atoms with Gasteiger partial charge >= 0.3 is 0 Å². The van der Waals surface area contributed by atoms with E-state index in [2.05, 4.69) is 51.8 Å². The van der Waals surface area contributed by atoms with E-state index in [4.69, 9.17) is 0 Å². The highest BCUT2D eigenvalue weighted by Crippen LogP contribution is 2.11. The van der Waals surface area contributed by atoms with Crippen LogP contribution in [0.1, 0.15) is 17.8 Å². The number of aromatic nitrogens is 3. The number of rotatable bonds is 4. The molecule has 4 nitrogen and oxygen atoms in total. The van der Waals surface area contributed by atoms with Gasteiger partial charge in [0.25, 0.3) is 0 Å². The second-order valence-corrected chi connectivity index (χ2v) is 4.82. The fourth-order valence-corrected chi connectivity index (χ4v) is 2.40. The van der Waals surface area contributed by atoms with Gasteiger partial charge in [-0.1, -0.05) is 42.5 Å². The van der Waals surface area contributed by atoms with E-state index in [9.17, 15) is 0 Å². The van der Waals surface area contributed by atoms with Crippen LogP contribution in [0.25, 0.3) is 6.08 Å². The Morgan fingerprint density at radius 1 is 1.32 bits per heavy atom. The van der Waals surface area contributed by atoms with Gasteiger partial charge in [-0.2, -0.15) is 5.10 Å². The van der Waals surface area contributed by atoms with Gasteiger partial charge < -0.3 is 5.32 Å². The predicted molar refractivity (Wildman–Crippen MR) is 75.6 cm³/mol. The summed E-state index contributed by atoms with van der Waals surface area (Å²) in [5.41, 5.74) is 1.24. The molecule has 0 spiro atoms. The van der Waals surface area contributed by atoms with Gasteiger partial charge in [-0.15, -0.1) is 0 Å². The van der Waals surface area contributed by atoms with Crippen molar-refractivity contribution in [2.75, 3.05) is 6.54 Å². The largest absolute Gasteiger partial charge is 0.309 e. The first-order chi connectivity index (χ1) is 9.42. The summed E-state index contributed by atoms with van der Waals surface area (Å²) in [6.07, 6.45) is 8.12. The van der Waals surface area contributed by atoms with Crippen molar-refractivity contribution in [3.8, 4) is 0 Å². The molecular formula is C15H18N4. The van der Waals surface area contributed by atoms with E-state index in [1.165, 1.54) is 5.56 Å². The zero-order valence-electron chi connectivity index (χ0n) is 10.9. The van der Waals surface area contributed by atoms with Crippen LogP contribution in [-0.2, 0) is 13.0 Å². The molecule has 4 heteroatoms. The fraction of sp³-hybridized carbons (Fsp3) is 0.333. The maximum absolute atomic E-state index is 4.24. The molecule has 0 amide bonds. The minimum absolute atomic E-state index is 0.495. The van der Waals surface area contributed by atoms with Crippen LogP contribution in [0.5, 0.6) is 0 Å². The SMILES string of the molecule is C(=C\c1ccccc1)/CN[C@H]1CCc2ncnn2C1. The molecule has 1 aromatic carbocycles. The average molecular weight is 254 g/mol. The molecule has 1 aromatic heterocycles. The van der Waals surface area contributed by atoms with Crippen molar-refractivity contribution in [2.24, 2.45) is 0 Å². The summed E-state index contributed by atoms with van der Waals surface area (Å²) in [6.45, 7) is 1.82. The maximum atomic E-state index is 4.24. The summed E-state index contributed by atoms with van der Waals surface area (Å²) in [5, 5.41) is 7.78. The molecule has 2 aromatic rings. The number of nitrogens with one attached hydrogen (secondary N) is 1. The quantitative estimate of drug-likeness (QED) is 0.906. The Labute approximate surface area is 113 Å². The van der Waals surface area contributed by atoms with Crippen molar-refractivity contribution in [3.05, 3.63) is 54.1 Å². The monoisotopic (exact) mass is 254 g/mol. The summed E-state index contributed by atoms with van der Waals surface area (Å²) in [5.74, 6) is 1.11. The Bertz CT molecular complexity index is 544. The molecule has 0 saturated heterocycles. The third-order valence-corrected chi connectivity index (χ3v) is 3.44. The molecule has 2 heterocycles. The highest BCUT2D eigenvalue weighted by Gasteiger charge is 2.18. The minimum Gasteiger partial charge on any atom is -0.309 e. The second-order valence-electron chi connectivity index (χ2n) is 4.82. The predicted octanol–water partition coefficient (Wildman–Crippen LogP) is 1.90. The third kappa shape index (κ3) is 3.09. The zero-order valence-corrected chi connectivity index (χ0v) is 10.9. The molecular weight excluding hydrogens is 236 g/mol. The molecule has 0 saturated carbocycles. The Morgan fingerprint density at radius 2 is 2.21 bits per heavy atom. The van der Waals surface area contributed by atoms with E-state index in [-0.39, 0.29) is 0 Å². The molecule has 0 aliphatic carbocycles. The number of hydrogen-bond acceptors (Lipinski definition) is 3. The highest BCUT2D eigenvalue weighted by molar-refractivity contribution is 5.48. The molecule has 1 aliphatic rings. The van der Waals surface area contributed by atoms with Gasteiger partial charge in [0.1, 0.15) is 12.2 Å². The highest BCUT2D eigenvalue weighted by atomic mass is 15.3. The van der Waals surface area contributed by atoms with Crippen molar-refractivity contribution < 1.29 is 0 Å². The Morgan fingerprint density at radius 3 is 3.11 bits per heavy atom. The molecule has 0 bridgehead atoms. The molecule has 0 radical (unpaired) electrons. The molecule has 3 rings (SSSR count). The Hall–Kier alpha value is -1.94. The topological polar surface area (TPSA) is 42.7 Å². The van der Waals surface area contributed by atoms with Gasteiger partial charge in [0, 0.05) is 19.0 Å². The molecule has 98 valence electrons.